The van der Waals surface area contributed by atoms with E-state index in [-0.39, 0.29) is 17.4 Å². The van der Waals surface area contributed by atoms with Gasteiger partial charge < -0.3 is 10.1 Å². The van der Waals surface area contributed by atoms with E-state index in [0.29, 0.717) is 0 Å². The molecule has 1 aliphatic heterocycles. The van der Waals surface area contributed by atoms with Gasteiger partial charge in [-0.25, -0.2) is 0 Å². The number of nitrogens with one attached hydrogen (secondary N) is 1. The van der Waals surface area contributed by atoms with Crippen LogP contribution in [0.3, 0.4) is 0 Å². The van der Waals surface area contributed by atoms with Crippen LogP contribution in [0.25, 0.3) is 0 Å². The maximum absolute atomic E-state index is 12.3. The van der Waals surface area contributed by atoms with E-state index in [2.05, 4.69) is 24.1 Å². The molecule has 0 atom stereocenters. The predicted octanol–water partition coefficient (Wildman–Crippen LogP) is 2.57. The van der Waals surface area contributed by atoms with Crippen molar-refractivity contribution in [2.24, 2.45) is 5.92 Å². The van der Waals surface area contributed by atoms with Gasteiger partial charge in [-0.15, -0.1) is 0 Å². The first-order valence-corrected chi connectivity index (χ1v) is 8.82. The van der Waals surface area contributed by atoms with Gasteiger partial charge in [0.1, 0.15) is 0 Å². The van der Waals surface area contributed by atoms with Crippen molar-refractivity contribution in [3.8, 4) is 0 Å². The van der Waals surface area contributed by atoms with Gasteiger partial charge in [0.25, 0.3) is 0 Å². The number of hydrogen-bond donors (Lipinski definition) is 1. The minimum Gasteiger partial charge on any atom is -0.379 e. The second kappa shape index (κ2) is 8.14. The molecule has 0 aromatic rings. The summed E-state index contributed by atoms with van der Waals surface area (Å²) in [5.41, 5.74) is 0.184. The molecule has 4 nitrogen and oxygen atoms in total. The molecule has 0 unspecified atom stereocenters. The van der Waals surface area contributed by atoms with Crippen LogP contribution in [-0.2, 0) is 9.53 Å². The summed E-state index contributed by atoms with van der Waals surface area (Å²) in [7, 11) is 0. The topological polar surface area (TPSA) is 41.6 Å². The summed E-state index contributed by atoms with van der Waals surface area (Å²) in [6.45, 7) is 8.73. The molecule has 1 aliphatic carbocycles. The van der Waals surface area contributed by atoms with E-state index >= 15 is 0 Å². The molecule has 1 heterocycles. The van der Waals surface area contributed by atoms with E-state index in [9.17, 15) is 4.79 Å². The van der Waals surface area contributed by atoms with Gasteiger partial charge in [0, 0.05) is 31.1 Å². The molecule has 2 rings (SSSR count). The van der Waals surface area contributed by atoms with Crippen molar-refractivity contribution in [2.45, 2.75) is 64.3 Å². The standard InChI is InChI=1S/C17H32N2O2/c1-3-15(4-2)16(20)18-14-17(8-6-5-7-9-17)19-10-12-21-13-11-19/h15H,3-14H2,1-2H3,(H,18,20). The summed E-state index contributed by atoms with van der Waals surface area (Å²) in [4.78, 5) is 14.9. The number of nitrogens with zero attached hydrogens (tertiary/aromatic N) is 1. The quantitative estimate of drug-likeness (QED) is 0.819. The number of amides is 1. The molecule has 0 radical (unpaired) electrons. The van der Waals surface area contributed by atoms with E-state index in [1.165, 1.54) is 32.1 Å². The highest BCUT2D eigenvalue weighted by atomic mass is 16.5. The van der Waals surface area contributed by atoms with Gasteiger partial charge in [0.05, 0.1) is 13.2 Å². The molecule has 21 heavy (non-hydrogen) atoms. The van der Waals surface area contributed by atoms with Gasteiger partial charge in [-0.1, -0.05) is 33.1 Å². The molecule has 4 heteroatoms. The SMILES string of the molecule is CCC(CC)C(=O)NCC1(N2CCOCC2)CCCCC1. The lowest BCUT2D eigenvalue weighted by Crippen LogP contribution is -2.60. The third kappa shape index (κ3) is 4.19. The first-order chi connectivity index (χ1) is 10.2. The number of morpholine rings is 1. The molecule has 0 bridgehead atoms. The second-order valence-electron chi connectivity index (χ2n) is 6.62. The highest BCUT2D eigenvalue weighted by Gasteiger charge is 2.39. The largest absolute Gasteiger partial charge is 0.379 e. The molecule has 2 aliphatic rings. The third-order valence-electron chi connectivity index (χ3n) is 5.41. The van der Waals surface area contributed by atoms with E-state index in [1.807, 2.05) is 0 Å². The van der Waals surface area contributed by atoms with Crippen molar-refractivity contribution in [3.05, 3.63) is 0 Å². The van der Waals surface area contributed by atoms with Crippen molar-refractivity contribution in [1.29, 1.82) is 0 Å². The Balaban J connectivity index is 1.97. The Bertz CT molecular complexity index is 317. The summed E-state index contributed by atoms with van der Waals surface area (Å²) in [5.74, 6) is 0.425. The zero-order valence-corrected chi connectivity index (χ0v) is 13.8. The van der Waals surface area contributed by atoms with Crippen LogP contribution in [0, 0.1) is 5.92 Å². The summed E-state index contributed by atoms with van der Waals surface area (Å²) in [6.07, 6.45) is 8.23. The minimum absolute atomic E-state index is 0.176. The van der Waals surface area contributed by atoms with Gasteiger partial charge in [-0.05, 0) is 25.7 Å². The summed E-state index contributed by atoms with van der Waals surface area (Å²) in [5, 5.41) is 3.27. The lowest BCUT2D eigenvalue weighted by Gasteiger charge is -2.48. The highest BCUT2D eigenvalue weighted by Crippen LogP contribution is 2.34. The van der Waals surface area contributed by atoms with Crippen molar-refractivity contribution in [1.82, 2.24) is 10.2 Å². The van der Waals surface area contributed by atoms with Crippen LogP contribution in [0.15, 0.2) is 0 Å². The highest BCUT2D eigenvalue weighted by molar-refractivity contribution is 5.78. The van der Waals surface area contributed by atoms with Crippen LogP contribution in [0.4, 0.5) is 0 Å². The lowest BCUT2D eigenvalue weighted by atomic mass is 9.79. The molecular weight excluding hydrogens is 264 g/mol. The van der Waals surface area contributed by atoms with Gasteiger partial charge in [-0.2, -0.15) is 0 Å². The van der Waals surface area contributed by atoms with Crippen LogP contribution in [-0.4, -0.2) is 49.2 Å². The molecule has 1 N–H and O–H groups in total. The van der Waals surface area contributed by atoms with Crippen molar-refractivity contribution in [2.75, 3.05) is 32.8 Å². The Hall–Kier alpha value is -0.610. The van der Waals surface area contributed by atoms with E-state index in [4.69, 9.17) is 4.74 Å². The van der Waals surface area contributed by atoms with Crippen molar-refractivity contribution >= 4 is 5.91 Å². The van der Waals surface area contributed by atoms with Crippen LogP contribution in [0.5, 0.6) is 0 Å². The zero-order chi connectivity index (χ0) is 15.1. The van der Waals surface area contributed by atoms with E-state index in [0.717, 1.165) is 45.7 Å². The second-order valence-corrected chi connectivity index (χ2v) is 6.62. The monoisotopic (exact) mass is 296 g/mol. The fourth-order valence-electron chi connectivity index (χ4n) is 3.91. The average molecular weight is 296 g/mol. The summed E-state index contributed by atoms with van der Waals surface area (Å²) in [6, 6.07) is 0. The molecule has 1 amide bonds. The van der Waals surface area contributed by atoms with E-state index < -0.39 is 0 Å². The molecular formula is C17H32N2O2. The number of hydrogen-bond acceptors (Lipinski definition) is 3. The van der Waals surface area contributed by atoms with Gasteiger partial charge in [0.15, 0.2) is 0 Å². The first kappa shape index (κ1) is 16.8. The Morgan fingerprint density at radius 3 is 2.33 bits per heavy atom. The Kier molecular flexibility index (Phi) is 6.49. The molecule has 1 saturated carbocycles. The maximum Gasteiger partial charge on any atom is 0.223 e. The molecule has 1 saturated heterocycles. The van der Waals surface area contributed by atoms with Gasteiger partial charge >= 0.3 is 0 Å². The molecule has 2 fully saturated rings. The smallest absolute Gasteiger partial charge is 0.223 e. The fraction of sp³-hybridized carbons (Fsp3) is 0.941. The van der Waals surface area contributed by atoms with E-state index in [1.54, 1.807) is 0 Å². The third-order valence-corrected chi connectivity index (χ3v) is 5.41. The van der Waals surface area contributed by atoms with Crippen LogP contribution in [0.2, 0.25) is 0 Å². The zero-order valence-electron chi connectivity index (χ0n) is 13.8. The van der Waals surface area contributed by atoms with Crippen molar-refractivity contribution in [3.63, 3.8) is 0 Å². The molecule has 122 valence electrons. The Morgan fingerprint density at radius 1 is 1.14 bits per heavy atom. The van der Waals surface area contributed by atoms with Gasteiger partial charge in [0.2, 0.25) is 5.91 Å². The van der Waals surface area contributed by atoms with Crippen LogP contribution >= 0.6 is 0 Å². The Morgan fingerprint density at radius 2 is 1.76 bits per heavy atom. The lowest BCUT2D eigenvalue weighted by molar-refractivity contribution is -0.126. The normalized spacial score (nSPS) is 23.2. The van der Waals surface area contributed by atoms with Crippen LogP contribution < -0.4 is 5.32 Å². The molecule has 0 aromatic heterocycles. The molecule has 0 spiro atoms. The maximum atomic E-state index is 12.3. The van der Waals surface area contributed by atoms with Crippen molar-refractivity contribution < 1.29 is 9.53 Å². The fourth-order valence-corrected chi connectivity index (χ4v) is 3.91. The number of rotatable bonds is 6. The number of carbonyl (C=O) groups is 1. The van der Waals surface area contributed by atoms with Crippen LogP contribution in [0.1, 0.15) is 58.8 Å². The Labute approximate surface area is 129 Å². The summed E-state index contributed by atoms with van der Waals surface area (Å²) >= 11 is 0. The first-order valence-electron chi connectivity index (χ1n) is 8.82. The number of ether oxygens (including phenoxy) is 1. The number of carbonyl (C=O) groups excluding carboxylic acids is 1. The molecule has 0 aromatic carbocycles. The average Bonchev–Trinajstić information content (AvgIpc) is 2.56. The summed E-state index contributed by atoms with van der Waals surface area (Å²) < 4.78 is 5.51. The van der Waals surface area contributed by atoms with Gasteiger partial charge in [-0.3, -0.25) is 9.69 Å². The minimum atomic E-state index is 0.176. The predicted molar refractivity (Wildman–Crippen MR) is 85.3 cm³/mol.